The number of ether oxygens (including phenoxy) is 1. The van der Waals surface area contributed by atoms with Gasteiger partial charge in [0.05, 0.1) is 6.61 Å². The summed E-state index contributed by atoms with van der Waals surface area (Å²) in [4.78, 5) is 22.2. The third-order valence-corrected chi connectivity index (χ3v) is 2.04. The van der Waals surface area contributed by atoms with Crippen LogP contribution in [0.1, 0.15) is 26.7 Å². The highest BCUT2D eigenvalue weighted by Gasteiger charge is 2.24. The van der Waals surface area contributed by atoms with Crippen LogP contribution in [0.15, 0.2) is 11.6 Å². The van der Waals surface area contributed by atoms with Gasteiger partial charge in [-0.3, -0.25) is 4.79 Å². The first kappa shape index (κ1) is 9.96. The minimum Gasteiger partial charge on any atom is -0.463 e. The fraction of sp³-hybridized carbons (Fsp3) is 0.600. The molecule has 0 aliphatic heterocycles. The monoisotopic (exact) mass is 182 g/mol. The fourth-order valence-electron chi connectivity index (χ4n) is 1.47. The summed E-state index contributed by atoms with van der Waals surface area (Å²) >= 11 is 0. The number of hydrogen-bond donors (Lipinski definition) is 0. The molecule has 13 heavy (non-hydrogen) atoms. The van der Waals surface area contributed by atoms with Gasteiger partial charge in [0, 0.05) is 18.1 Å². The van der Waals surface area contributed by atoms with Gasteiger partial charge in [-0.2, -0.15) is 0 Å². The molecule has 0 heterocycles. The Balaban J connectivity index is 2.61. The third kappa shape index (κ3) is 2.68. The molecule has 0 aromatic heterocycles. The van der Waals surface area contributed by atoms with E-state index < -0.39 is 5.97 Å². The second-order valence-electron chi connectivity index (χ2n) is 3.36. The maximum atomic E-state index is 11.2. The van der Waals surface area contributed by atoms with Crippen molar-refractivity contribution in [2.75, 3.05) is 6.61 Å². The molecule has 1 rings (SSSR count). The van der Waals surface area contributed by atoms with Crippen LogP contribution >= 0.6 is 0 Å². The topological polar surface area (TPSA) is 43.4 Å². The van der Waals surface area contributed by atoms with Crippen LogP contribution in [-0.4, -0.2) is 18.4 Å². The molecule has 1 aliphatic carbocycles. The van der Waals surface area contributed by atoms with Gasteiger partial charge in [-0.25, -0.2) is 4.79 Å². The lowest BCUT2D eigenvalue weighted by atomic mass is 10.1. The van der Waals surface area contributed by atoms with E-state index in [1.807, 2.05) is 6.92 Å². The number of Topliss-reactive ketones (excluding diaryl/α,β-unsaturated/α-hetero) is 1. The van der Waals surface area contributed by atoms with Crippen molar-refractivity contribution in [3.05, 3.63) is 11.6 Å². The molecule has 72 valence electrons. The molecule has 0 aromatic carbocycles. The van der Waals surface area contributed by atoms with E-state index in [-0.39, 0.29) is 5.78 Å². The predicted molar refractivity (Wildman–Crippen MR) is 48.1 cm³/mol. The van der Waals surface area contributed by atoms with E-state index in [0.717, 1.165) is 0 Å². The van der Waals surface area contributed by atoms with Gasteiger partial charge in [-0.15, -0.1) is 0 Å². The molecule has 0 aromatic rings. The molecule has 1 fully saturated rings. The summed E-state index contributed by atoms with van der Waals surface area (Å²) in [6, 6.07) is 0. The van der Waals surface area contributed by atoms with E-state index in [1.54, 1.807) is 6.92 Å². The number of allylic oxidation sites excluding steroid dienone is 1. The van der Waals surface area contributed by atoms with Crippen molar-refractivity contribution in [2.45, 2.75) is 26.7 Å². The van der Waals surface area contributed by atoms with Crippen LogP contribution in [0.25, 0.3) is 0 Å². The maximum Gasteiger partial charge on any atom is 0.331 e. The first-order chi connectivity index (χ1) is 6.13. The normalized spacial score (nSPS) is 25.2. The molecule has 0 bridgehead atoms. The van der Waals surface area contributed by atoms with Crippen molar-refractivity contribution in [3.63, 3.8) is 0 Å². The average Bonchev–Trinajstić information content (AvgIpc) is 2.30. The Labute approximate surface area is 77.8 Å². The Hall–Kier alpha value is -1.12. The summed E-state index contributed by atoms with van der Waals surface area (Å²) in [5.74, 6) is 0.0497. The van der Waals surface area contributed by atoms with Crippen molar-refractivity contribution < 1.29 is 14.3 Å². The molecule has 3 nitrogen and oxygen atoms in total. The van der Waals surface area contributed by atoms with Gasteiger partial charge in [-0.05, 0) is 19.3 Å². The number of esters is 1. The first-order valence-electron chi connectivity index (χ1n) is 4.54. The summed E-state index contributed by atoms with van der Waals surface area (Å²) in [5.41, 5.74) is 0.617. The minimum absolute atomic E-state index is 0.0838. The Morgan fingerprint density at radius 1 is 1.62 bits per heavy atom. The smallest absolute Gasteiger partial charge is 0.331 e. The van der Waals surface area contributed by atoms with Crippen molar-refractivity contribution >= 4 is 11.8 Å². The van der Waals surface area contributed by atoms with Crippen molar-refractivity contribution in [3.8, 4) is 0 Å². The van der Waals surface area contributed by atoms with Crippen LogP contribution in [-0.2, 0) is 14.3 Å². The van der Waals surface area contributed by atoms with Crippen LogP contribution in [0.4, 0.5) is 0 Å². The highest BCUT2D eigenvalue weighted by atomic mass is 16.5. The minimum atomic E-state index is -0.403. The third-order valence-electron chi connectivity index (χ3n) is 2.04. The van der Waals surface area contributed by atoms with Gasteiger partial charge >= 0.3 is 5.97 Å². The Kier molecular flexibility index (Phi) is 3.23. The molecular formula is C10H14O3. The van der Waals surface area contributed by atoms with Gasteiger partial charge in [-0.1, -0.05) is 6.92 Å². The van der Waals surface area contributed by atoms with Gasteiger partial charge in [0.15, 0.2) is 5.78 Å². The number of carbonyl (C=O) groups is 2. The van der Waals surface area contributed by atoms with E-state index >= 15 is 0 Å². The molecule has 0 amide bonds. The Morgan fingerprint density at radius 2 is 2.31 bits per heavy atom. The van der Waals surface area contributed by atoms with Crippen molar-refractivity contribution in [1.29, 1.82) is 0 Å². The first-order valence-corrected chi connectivity index (χ1v) is 4.54. The number of hydrogen-bond acceptors (Lipinski definition) is 3. The van der Waals surface area contributed by atoms with Gasteiger partial charge < -0.3 is 4.74 Å². The van der Waals surface area contributed by atoms with Crippen molar-refractivity contribution in [2.24, 2.45) is 5.92 Å². The van der Waals surface area contributed by atoms with Crippen LogP contribution < -0.4 is 0 Å². The standard InChI is InChI=1S/C10H14O3/c1-3-13-10(12)6-8-4-7(2)5-9(8)11/h6-7H,3-5H2,1-2H3. The van der Waals surface area contributed by atoms with Crippen LogP contribution in [0.5, 0.6) is 0 Å². The molecule has 3 heteroatoms. The molecule has 0 spiro atoms. The highest BCUT2D eigenvalue weighted by Crippen LogP contribution is 2.26. The SMILES string of the molecule is CCOC(=O)C=C1CC(C)CC1=O. The second kappa shape index (κ2) is 4.21. The molecule has 0 radical (unpaired) electrons. The van der Waals surface area contributed by atoms with Gasteiger partial charge in [0.25, 0.3) is 0 Å². The summed E-state index contributed by atoms with van der Waals surface area (Å²) < 4.78 is 4.72. The quantitative estimate of drug-likeness (QED) is 0.480. The molecule has 1 aliphatic rings. The van der Waals surface area contributed by atoms with Crippen LogP contribution in [0.3, 0.4) is 0 Å². The summed E-state index contributed by atoms with van der Waals surface area (Å²) in [7, 11) is 0. The number of carbonyl (C=O) groups excluding carboxylic acids is 2. The number of ketones is 1. The molecule has 0 saturated heterocycles. The maximum absolute atomic E-state index is 11.2. The molecule has 1 saturated carbocycles. The zero-order valence-electron chi connectivity index (χ0n) is 8.00. The Bertz CT molecular complexity index is 253. The average molecular weight is 182 g/mol. The summed E-state index contributed by atoms with van der Waals surface area (Å²) in [6.07, 6.45) is 2.60. The number of rotatable bonds is 2. The summed E-state index contributed by atoms with van der Waals surface area (Å²) in [6.45, 7) is 4.10. The largest absolute Gasteiger partial charge is 0.463 e. The zero-order chi connectivity index (χ0) is 9.84. The van der Waals surface area contributed by atoms with E-state index in [0.29, 0.717) is 30.9 Å². The van der Waals surface area contributed by atoms with E-state index in [1.165, 1.54) is 6.08 Å². The van der Waals surface area contributed by atoms with E-state index in [9.17, 15) is 9.59 Å². The second-order valence-corrected chi connectivity index (χ2v) is 3.36. The molecule has 1 atom stereocenters. The van der Waals surface area contributed by atoms with Crippen LogP contribution in [0, 0.1) is 5.92 Å². The van der Waals surface area contributed by atoms with Crippen LogP contribution in [0.2, 0.25) is 0 Å². The fourth-order valence-corrected chi connectivity index (χ4v) is 1.47. The highest BCUT2D eigenvalue weighted by molar-refractivity contribution is 6.02. The lowest BCUT2D eigenvalue weighted by molar-refractivity contribution is -0.137. The molecular weight excluding hydrogens is 168 g/mol. The Morgan fingerprint density at radius 3 is 2.77 bits per heavy atom. The lowest BCUT2D eigenvalue weighted by Crippen LogP contribution is -2.03. The summed E-state index contributed by atoms with van der Waals surface area (Å²) in [5, 5.41) is 0. The van der Waals surface area contributed by atoms with Crippen molar-refractivity contribution in [1.82, 2.24) is 0 Å². The lowest BCUT2D eigenvalue weighted by Gasteiger charge is -1.97. The van der Waals surface area contributed by atoms with E-state index in [4.69, 9.17) is 4.74 Å². The zero-order valence-corrected chi connectivity index (χ0v) is 8.00. The molecule has 0 N–H and O–H groups in total. The predicted octanol–water partition coefficient (Wildman–Crippen LogP) is 1.47. The molecule has 1 unspecified atom stereocenters. The van der Waals surface area contributed by atoms with E-state index in [2.05, 4.69) is 0 Å². The van der Waals surface area contributed by atoms with Gasteiger partial charge in [0.2, 0.25) is 0 Å². The van der Waals surface area contributed by atoms with Gasteiger partial charge in [0.1, 0.15) is 0 Å².